The summed E-state index contributed by atoms with van der Waals surface area (Å²) in [6.45, 7) is 1.88. The van der Waals surface area contributed by atoms with Gasteiger partial charge >= 0.3 is 0 Å². The fourth-order valence-electron chi connectivity index (χ4n) is 2.28. The second-order valence-electron chi connectivity index (χ2n) is 4.58. The maximum Gasteiger partial charge on any atom is 0.158 e. The van der Waals surface area contributed by atoms with Gasteiger partial charge in [-0.3, -0.25) is 0 Å². The van der Waals surface area contributed by atoms with Crippen LogP contribution < -0.4 is 5.73 Å². The summed E-state index contributed by atoms with van der Waals surface area (Å²) in [6.07, 6.45) is 0.633. The molecular formula is C14H12ClN3O. The molecule has 0 saturated carbocycles. The molecule has 0 fully saturated rings. The SMILES string of the molecule is Cc1cc(Cl)cc(O)c1-c1ccc2c(n1)N=C(N)C2. The molecule has 2 aromatic rings. The number of pyridine rings is 1. The van der Waals surface area contributed by atoms with E-state index in [1.165, 1.54) is 6.07 Å². The van der Waals surface area contributed by atoms with Crippen LogP contribution in [0.15, 0.2) is 29.3 Å². The highest BCUT2D eigenvalue weighted by molar-refractivity contribution is 6.31. The molecule has 0 amide bonds. The topological polar surface area (TPSA) is 71.5 Å². The minimum atomic E-state index is 0.118. The Hall–Kier alpha value is -2.07. The fraction of sp³-hybridized carbons (Fsp3) is 0.143. The minimum absolute atomic E-state index is 0.118. The summed E-state index contributed by atoms with van der Waals surface area (Å²) in [6, 6.07) is 7.11. The van der Waals surface area contributed by atoms with Gasteiger partial charge in [0.15, 0.2) is 5.82 Å². The number of hydrogen-bond donors (Lipinski definition) is 2. The van der Waals surface area contributed by atoms with Crippen LogP contribution in [0.1, 0.15) is 11.1 Å². The lowest BCUT2D eigenvalue weighted by Crippen LogP contribution is -2.09. The van der Waals surface area contributed by atoms with Crippen molar-refractivity contribution in [3.05, 3.63) is 40.4 Å². The van der Waals surface area contributed by atoms with E-state index in [1.807, 2.05) is 19.1 Å². The lowest BCUT2D eigenvalue weighted by molar-refractivity contribution is 0.477. The van der Waals surface area contributed by atoms with Gasteiger partial charge in [-0.2, -0.15) is 0 Å². The van der Waals surface area contributed by atoms with E-state index in [0.717, 1.165) is 11.1 Å². The van der Waals surface area contributed by atoms with E-state index in [2.05, 4.69) is 9.98 Å². The second kappa shape index (κ2) is 4.24. The molecule has 1 aromatic carbocycles. The largest absolute Gasteiger partial charge is 0.507 e. The number of amidine groups is 1. The predicted molar refractivity (Wildman–Crippen MR) is 76.1 cm³/mol. The van der Waals surface area contributed by atoms with Crippen LogP contribution >= 0.6 is 11.6 Å². The lowest BCUT2D eigenvalue weighted by atomic mass is 10.0. The molecule has 0 bridgehead atoms. The summed E-state index contributed by atoms with van der Waals surface area (Å²) in [5.41, 5.74) is 8.92. The molecule has 3 N–H and O–H groups in total. The van der Waals surface area contributed by atoms with Crippen LogP contribution in [-0.4, -0.2) is 15.9 Å². The van der Waals surface area contributed by atoms with Gasteiger partial charge in [0.25, 0.3) is 0 Å². The Morgan fingerprint density at radius 3 is 2.84 bits per heavy atom. The van der Waals surface area contributed by atoms with Crippen LogP contribution in [0.2, 0.25) is 5.02 Å². The summed E-state index contributed by atoms with van der Waals surface area (Å²) >= 11 is 5.90. The summed E-state index contributed by atoms with van der Waals surface area (Å²) in [4.78, 5) is 8.65. The van der Waals surface area contributed by atoms with Crippen molar-refractivity contribution in [1.29, 1.82) is 0 Å². The zero-order valence-electron chi connectivity index (χ0n) is 10.3. The number of phenolic OH excluding ortho intramolecular Hbond substituents is 1. The molecule has 19 heavy (non-hydrogen) atoms. The molecule has 1 aliphatic heterocycles. The first-order chi connectivity index (χ1) is 9.04. The number of benzene rings is 1. The molecule has 2 heterocycles. The number of nitrogens with zero attached hydrogens (tertiary/aromatic N) is 2. The highest BCUT2D eigenvalue weighted by Gasteiger charge is 2.17. The maximum absolute atomic E-state index is 10.0. The van der Waals surface area contributed by atoms with Crippen LogP contribution in [0.4, 0.5) is 5.82 Å². The maximum atomic E-state index is 10.0. The van der Waals surface area contributed by atoms with E-state index < -0.39 is 0 Å². The van der Waals surface area contributed by atoms with Crippen LogP contribution in [-0.2, 0) is 6.42 Å². The van der Waals surface area contributed by atoms with E-state index in [1.54, 1.807) is 6.07 Å². The number of hydrogen-bond acceptors (Lipinski definition) is 4. The number of phenols is 1. The average Bonchev–Trinajstić information content (AvgIpc) is 2.67. The van der Waals surface area contributed by atoms with E-state index >= 15 is 0 Å². The first kappa shape index (κ1) is 12.0. The molecule has 0 radical (unpaired) electrons. The summed E-state index contributed by atoms with van der Waals surface area (Å²) in [5, 5.41) is 10.5. The van der Waals surface area contributed by atoms with Gasteiger partial charge in [0, 0.05) is 22.6 Å². The summed E-state index contributed by atoms with van der Waals surface area (Å²) in [7, 11) is 0. The van der Waals surface area contributed by atoms with Crippen molar-refractivity contribution < 1.29 is 5.11 Å². The van der Waals surface area contributed by atoms with Gasteiger partial charge in [0.2, 0.25) is 0 Å². The van der Waals surface area contributed by atoms with Crippen molar-refractivity contribution in [2.24, 2.45) is 10.7 Å². The number of fused-ring (bicyclic) bond motifs is 1. The van der Waals surface area contributed by atoms with Crippen molar-refractivity contribution >= 4 is 23.3 Å². The third-order valence-corrected chi connectivity index (χ3v) is 3.33. The Morgan fingerprint density at radius 2 is 2.11 bits per heavy atom. The van der Waals surface area contributed by atoms with Crippen LogP contribution in [0.25, 0.3) is 11.3 Å². The Labute approximate surface area is 115 Å². The van der Waals surface area contributed by atoms with Crippen LogP contribution in [0, 0.1) is 6.92 Å². The number of aryl methyl sites for hydroxylation is 1. The molecule has 96 valence electrons. The van der Waals surface area contributed by atoms with Crippen molar-refractivity contribution in [2.45, 2.75) is 13.3 Å². The van der Waals surface area contributed by atoms with Gasteiger partial charge in [-0.1, -0.05) is 17.7 Å². The molecule has 0 aliphatic carbocycles. The molecule has 0 spiro atoms. The molecule has 0 atom stereocenters. The van der Waals surface area contributed by atoms with E-state index in [4.69, 9.17) is 17.3 Å². The fourth-order valence-corrected chi connectivity index (χ4v) is 2.55. The minimum Gasteiger partial charge on any atom is -0.507 e. The first-order valence-electron chi connectivity index (χ1n) is 5.87. The van der Waals surface area contributed by atoms with E-state index in [-0.39, 0.29) is 5.75 Å². The Kier molecular flexibility index (Phi) is 2.68. The third kappa shape index (κ3) is 2.04. The zero-order valence-corrected chi connectivity index (χ0v) is 11.1. The van der Waals surface area contributed by atoms with E-state index in [9.17, 15) is 5.11 Å². The highest BCUT2D eigenvalue weighted by Crippen LogP contribution is 2.36. The van der Waals surface area contributed by atoms with Gasteiger partial charge in [-0.25, -0.2) is 9.98 Å². The molecule has 0 saturated heterocycles. The van der Waals surface area contributed by atoms with Gasteiger partial charge in [0.05, 0.1) is 5.69 Å². The number of aromatic nitrogens is 1. The molecule has 0 unspecified atom stereocenters. The number of nitrogens with two attached hydrogens (primary N) is 1. The number of aromatic hydroxyl groups is 1. The Morgan fingerprint density at radius 1 is 1.32 bits per heavy atom. The first-order valence-corrected chi connectivity index (χ1v) is 6.25. The molecule has 1 aliphatic rings. The normalized spacial score (nSPS) is 13.3. The van der Waals surface area contributed by atoms with Gasteiger partial charge < -0.3 is 10.8 Å². The van der Waals surface area contributed by atoms with Crippen molar-refractivity contribution in [3.8, 4) is 17.0 Å². The molecule has 1 aromatic heterocycles. The third-order valence-electron chi connectivity index (χ3n) is 3.11. The van der Waals surface area contributed by atoms with Gasteiger partial charge in [0.1, 0.15) is 11.6 Å². The lowest BCUT2D eigenvalue weighted by Gasteiger charge is -2.09. The molecule has 5 heteroatoms. The number of halogens is 1. The summed E-state index contributed by atoms with van der Waals surface area (Å²) < 4.78 is 0. The smallest absolute Gasteiger partial charge is 0.158 e. The van der Waals surface area contributed by atoms with Crippen LogP contribution in [0.5, 0.6) is 5.75 Å². The monoisotopic (exact) mass is 273 g/mol. The van der Waals surface area contributed by atoms with E-state index in [0.29, 0.717) is 34.4 Å². The zero-order chi connectivity index (χ0) is 13.6. The quantitative estimate of drug-likeness (QED) is 0.839. The highest BCUT2D eigenvalue weighted by atomic mass is 35.5. The number of aliphatic imine (C=N–C) groups is 1. The van der Waals surface area contributed by atoms with Gasteiger partial charge in [-0.15, -0.1) is 0 Å². The molecular weight excluding hydrogens is 262 g/mol. The summed E-state index contributed by atoms with van der Waals surface area (Å²) in [5.74, 6) is 1.31. The molecule has 3 rings (SSSR count). The predicted octanol–water partition coefficient (Wildman–Crippen LogP) is 2.96. The van der Waals surface area contributed by atoms with Crippen molar-refractivity contribution in [2.75, 3.05) is 0 Å². The standard InChI is InChI=1S/C14H12ClN3O/c1-7-4-9(15)6-11(19)13(7)10-3-2-8-5-12(16)18-14(8)17-10/h2-4,6,19H,5H2,1H3,(H2,16,17,18). The number of rotatable bonds is 1. The van der Waals surface area contributed by atoms with Gasteiger partial charge in [-0.05, 0) is 30.7 Å². The van der Waals surface area contributed by atoms with Crippen molar-refractivity contribution in [3.63, 3.8) is 0 Å². The Bertz CT molecular complexity index is 687. The molecule has 4 nitrogen and oxygen atoms in total. The second-order valence-corrected chi connectivity index (χ2v) is 5.01. The van der Waals surface area contributed by atoms with Crippen molar-refractivity contribution in [1.82, 2.24) is 4.98 Å². The average molecular weight is 274 g/mol. The Balaban J connectivity index is 2.16. The van der Waals surface area contributed by atoms with Crippen LogP contribution in [0.3, 0.4) is 0 Å².